The van der Waals surface area contributed by atoms with Crippen molar-refractivity contribution in [3.63, 3.8) is 0 Å². The van der Waals surface area contributed by atoms with Crippen LogP contribution in [0.5, 0.6) is 5.88 Å². The molecule has 1 heterocycles. The van der Waals surface area contributed by atoms with Gasteiger partial charge in [0.25, 0.3) is 0 Å². The van der Waals surface area contributed by atoms with E-state index in [1.54, 1.807) is 18.3 Å². The number of nitrogens with one attached hydrogen (secondary N) is 1. The Hall–Kier alpha value is -1.52. The molecule has 5 heteroatoms. The zero-order valence-corrected chi connectivity index (χ0v) is 11.2. The van der Waals surface area contributed by atoms with Crippen LogP contribution in [-0.4, -0.2) is 48.4 Å². The summed E-state index contributed by atoms with van der Waals surface area (Å²) in [5.74, 6) is 0.126. The number of likely N-dealkylation sites (N-methyl/N-ethyl adjacent to an activating group) is 1. The van der Waals surface area contributed by atoms with Crippen LogP contribution in [0.3, 0.4) is 0 Å². The van der Waals surface area contributed by atoms with Gasteiger partial charge in [-0.2, -0.15) is 0 Å². The van der Waals surface area contributed by atoms with Crippen LogP contribution in [0, 0.1) is 0 Å². The van der Waals surface area contributed by atoms with Gasteiger partial charge in [-0.3, -0.25) is 4.99 Å². The van der Waals surface area contributed by atoms with E-state index >= 15 is 0 Å². The number of benzene rings is 1. The first kappa shape index (κ1) is 12.9. The molecule has 0 fully saturated rings. The standard InChI is InChI=1S/C13H16ClN3O/c1-17(2)6-5-15-8-11-10-4-3-9(14)7-12(10)16-13(11)18/h3-4,7-8,16,18H,5-6H2,1-2H3. The summed E-state index contributed by atoms with van der Waals surface area (Å²) in [6.07, 6.45) is 1.70. The topological polar surface area (TPSA) is 51.6 Å². The van der Waals surface area contributed by atoms with Crippen LogP contribution in [0.1, 0.15) is 5.56 Å². The van der Waals surface area contributed by atoms with Gasteiger partial charge in [0.2, 0.25) is 0 Å². The van der Waals surface area contributed by atoms with Crippen LogP contribution in [-0.2, 0) is 0 Å². The van der Waals surface area contributed by atoms with Gasteiger partial charge in [0.1, 0.15) is 0 Å². The normalized spacial score (nSPS) is 12.0. The maximum atomic E-state index is 9.83. The van der Waals surface area contributed by atoms with Crippen molar-refractivity contribution in [2.75, 3.05) is 27.2 Å². The molecule has 18 heavy (non-hydrogen) atoms. The van der Waals surface area contributed by atoms with Crippen LogP contribution in [0.2, 0.25) is 5.02 Å². The number of aromatic nitrogens is 1. The van der Waals surface area contributed by atoms with E-state index in [1.807, 2.05) is 20.2 Å². The van der Waals surface area contributed by atoms with Gasteiger partial charge in [-0.25, -0.2) is 0 Å². The van der Waals surface area contributed by atoms with Crippen molar-refractivity contribution in [1.29, 1.82) is 0 Å². The van der Waals surface area contributed by atoms with Gasteiger partial charge in [0, 0.05) is 23.2 Å². The maximum Gasteiger partial charge on any atom is 0.198 e. The summed E-state index contributed by atoms with van der Waals surface area (Å²) in [4.78, 5) is 9.26. The Morgan fingerprint density at radius 2 is 2.22 bits per heavy atom. The quantitative estimate of drug-likeness (QED) is 0.835. The molecule has 0 atom stereocenters. The molecule has 2 aromatic rings. The average molecular weight is 266 g/mol. The number of aromatic hydroxyl groups is 1. The van der Waals surface area contributed by atoms with Crippen LogP contribution in [0.4, 0.5) is 0 Å². The molecule has 1 aromatic carbocycles. The molecule has 4 nitrogen and oxygen atoms in total. The van der Waals surface area contributed by atoms with Crippen molar-refractivity contribution in [2.24, 2.45) is 4.99 Å². The fourth-order valence-electron chi connectivity index (χ4n) is 1.72. The number of H-pyrrole nitrogens is 1. The van der Waals surface area contributed by atoms with Gasteiger partial charge in [-0.05, 0) is 26.2 Å². The highest BCUT2D eigenvalue weighted by atomic mass is 35.5. The molecule has 96 valence electrons. The van der Waals surface area contributed by atoms with E-state index in [9.17, 15) is 5.11 Å². The van der Waals surface area contributed by atoms with E-state index in [0.29, 0.717) is 17.1 Å². The van der Waals surface area contributed by atoms with Crippen LogP contribution in [0.15, 0.2) is 23.2 Å². The van der Waals surface area contributed by atoms with Crippen molar-refractivity contribution in [3.05, 3.63) is 28.8 Å². The average Bonchev–Trinajstić information content (AvgIpc) is 2.59. The van der Waals surface area contributed by atoms with Gasteiger partial charge in [0.15, 0.2) is 5.88 Å². The van der Waals surface area contributed by atoms with Crippen LogP contribution >= 0.6 is 11.6 Å². The first-order chi connectivity index (χ1) is 8.58. The highest BCUT2D eigenvalue weighted by Gasteiger charge is 2.08. The summed E-state index contributed by atoms with van der Waals surface area (Å²) >= 11 is 5.90. The van der Waals surface area contributed by atoms with E-state index in [-0.39, 0.29) is 5.88 Å². The summed E-state index contributed by atoms with van der Waals surface area (Å²) in [5, 5.41) is 11.4. The maximum absolute atomic E-state index is 9.83. The Morgan fingerprint density at radius 1 is 1.44 bits per heavy atom. The summed E-state index contributed by atoms with van der Waals surface area (Å²) in [5.41, 5.74) is 1.52. The molecular formula is C13H16ClN3O. The smallest absolute Gasteiger partial charge is 0.198 e. The number of hydrogen-bond acceptors (Lipinski definition) is 3. The third kappa shape index (κ3) is 2.83. The molecule has 0 bridgehead atoms. The Kier molecular flexibility index (Phi) is 3.89. The minimum atomic E-state index is 0.126. The lowest BCUT2D eigenvalue weighted by molar-refractivity contribution is 0.421. The summed E-state index contributed by atoms with van der Waals surface area (Å²) in [7, 11) is 4.00. The van der Waals surface area contributed by atoms with E-state index < -0.39 is 0 Å². The molecule has 0 radical (unpaired) electrons. The molecule has 0 aliphatic carbocycles. The Labute approximate surface area is 111 Å². The monoisotopic (exact) mass is 265 g/mol. The van der Waals surface area contributed by atoms with E-state index in [2.05, 4.69) is 14.9 Å². The lowest BCUT2D eigenvalue weighted by Gasteiger charge is -2.05. The molecule has 0 saturated carbocycles. The van der Waals surface area contributed by atoms with Crippen molar-refractivity contribution in [2.45, 2.75) is 0 Å². The lowest BCUT2D eigenvalue weighted by Crippen LogP contribution is -2.15. The molecule has 0 unspecified atom stereocenters. The van der Waals surface area contributed by atoms with E-state index in [4.69, 9.17) is 11.6 Å². The fourth-order valence-corrected chi connectivity index (χ4v) is 1.89. The first-order valence-corrected chi connectivity index (χ1v) is 6.10. The minimum absolute atomic E-state index is 0.126. The fraction of sp³-hybridized carbons (Fsp3) is 0.308. The van der Waals surface area contributed by atoms with Crippen molar-refractivity contribution >= 4 is 28.7 Å². The van der Waals surface area contributed by atoms with Gasteiger partial charge in [-0.15, -0.1) is 0 Å². The van der Waals surface area contributed by atoms with E-state index in [1.165, 1.54) is 0 Å². The van der Waals surface area contributed by atoms with Gasteiger partial charge in [0.05, 0.1) is 17.6 Å². The molecule has 1 aromatic heterocycles. The van der Waals surface area contributed by atoms with Crippen molar-refractivity contribution < 1.29 is 5.11 Å². The molecule has 2 rings (SSSR count). The van der Waals surface area contributed by atoms with Gasteiger partial charge in [-0.1, -0.05) is 17.7 Å². The lowest BCUT2D eigenvalue weighted by atomic mass is 10.2. The second-order valence-corrected chi connectivity index (χ2v) is 4.85. The Morgan fingerprint density at radius 3 is 2.94 bits per heavy atom. The second kappa shape index (κ2) is 5.42. The first-order valence-electron chi connectivity index (χ1n) is 5.72. The number of rotatable bonds is 4. The second-order valence-electron chi connectivity index (χ2n) is 4.42. The molecule has 0 saturated heterocycles. The highest BCUT2D eigenvalue weighted by molar-refractivity contribution is 6.31. The Bertz CT molecular complexity index is 575. The predicted octanol–water partition coefficient (Wildman–Crippen LogP) is 2.51. The number of aromatic amines is 1. The third-order valence-corrected chi connectivity index (χ3v) is 2.91. The molecular weight excluding hydrogens is 250 g/mol. The number of hydrogen-bond donors (Lipinski definition) is 2. The molecule has 2 N–H and O–H groups in total. The Balaban J connectivity index is 2.25. The number of halogens is 1. The van der Waals surface area contributed by atoms with E-state index in [0.717, 1.165) is 17.4 Å². The number of aliphatic imine (C=N–C) groups is 1. The zero-order valence-electron chi connectivity index (χ0n) is 10.4. The highest BCUT2D eigenvalue weighted by Crippen LogP contribution is 2.27. The number of fused-ring (bicyclic) bond motifs is 1. The summed E-state index contributed by atoms with van der Waals surface area (Å²) in [6.45, 7) is 1.58. The molecule has 0 spiro atoms. The van der Waals surface area contributed by atoms with Crippen molar-refractivity contribution in [3.8, 4) is 5.88 Å². The predicted molar refractivity (Wildman–Crippen MR) is 76.0 cm³/mol. The summed E-state index contributed by atoms with van der Waals surface area (Å²) in [6, 6.07) is 5.46. The van der Waals surface area contributed by atoms with Crippen molar-refractivity contribution in [1.82, 2.24) is 9.88 Å². The minimum Gasteiger partial charge on any atom is -0.494 e. The summed E-state index contributed by atoms with van der Waals surface area (Å²) < 4.78 is 0. The molecule has 0 aliphatic heterocycles. The SMILES string of the molecule is CN(C)CCN=Cc1c(O)[nH]c2cc(Cl)ccc12. The largest absolute Gasteiger partial charge is 0.494 e. The van der Waals surface area contributed by atoms with Crippen LogP contribution in [0.25, 0.3) is 10.9 Å². The van der Waals surface area contributed by atoms with Gasteiger partial charge < -0.3 is 15.0 Å². The number of nitrogens with zero attached hydrogens (tertiary/aromatic N) is 2. The molecule has 0 aliphatic rings. The third-order valence-electron chi connectivity index (χ3n) is 2.68. The molecule has 0 amide bonds. The van der Waals surface area contributed by atoms with Crippen LogP contribution < -0.4 is 0 Å². The zero-order chi connectivity index (χ0) is 13.1. The van der Waals surface area contributed by atoms with Gasteiger partial charge >= 0.3 is 0 Å².